The van der Waals surface area contributed by atoms with E-state index in [1.807, 2.05) is 0 Å². The molecule has 1 saturated heterocycles. The molecule has 64 valence electrons. The number of fused-ring (bicyclic) bond motifs is 1. The second kappa shape index (κ2) is 3.09. The number of hydrogen-bond acceptors (Lipinski definition) is 3. The molecule has 2 aliphatic rings. The quantitative estimate of drug-likeness (QED) is 0.441. The Morgan fingerprint density at radius 3 is 2.73 bits per heavy atom. The van der Waals surface area contributed by atoms with Crippen molar-refractivity contribution in [2.24, 2.45) is 0 Å². The van der Waals surface area contributed by atoms with Gasteiger partial charge in [0, 0.05) is 25.2 Å². The van der Waals surface area contributed by atoms with E-state index in [4.69, 9.17) is 0 Å². The van der Waals surface area contributed by atoms with Gasteiger partial charge in [-0.2, -0.15) is 0 Å². The Morgan fingerprint density at radius 2 is 1.91 bits per heavy atom. The summed E-state index contributed by atoms with van der Waals surface area (Å²) in [5, 5.41) is 16.4. The number of aliphatic hydroxyl groups is 1. The van der Waals surface area contributed by atoms with Crippen LogP contribution in [0.4, 0.5) is 0 Å². The summed E-state index contributed by atoms with van der Waals surface area (Å²) in [6.07, 6.45) is 3.23. The fourth-order valence-electron chi connectivity index (χ4n) is 2.18. The minimum atomic E-state index is -0.124. The molecule has 2 rings (SSSR count). The number of rotatable bonds is 0. The average molecular weight is 156 g/mol. The lowest BCUT2D eigenvalue weighted by atomic mass is 9.87. The Hall–Kier alpha value is -0.120. The van der Waals surface area contributed by atoms with Crippen LogP contribution in [-0.2, 0) is 0 Å². The van der Waals surface area contributed by atoms with Gasteiger partial charge in [0.1, 0.15) is 0 Å². The molecule has 3 nitrogen and oxygen atoms in total. The first-order valence-corrected chi connectivity index (χ1v) is 4.53. The van der Waals surface area contributed by atoms with Crippen molar-refractivity contribution in [2.75, 3.05) is 13.1 Å². The summed E-state index contributed by atoms with van der Waals surface area (Å²) in [5.41, 5.74) is 0. The topological polar surface area (TPSA) is 44.3 Å². The molecule has 0 aromatic carbocycles. The fraction of sp³-hybridized carbons (Fsp3) is 1.00. The van der Waals surface area contributed by atoms with Gasteiger partial charge in [0.2, 0.25) is 0 Å². The first-order chi connectivity index (χ1) is 5.38. The molecule has 1 saturated carbocycles. The van der Waals surface area contributed by atoms with Crippen molar-refractivity contribution in [3.05, 3.63) is 0 Å². The van der Waals surface area contributed by atoms with E-state index in [0.29, 0.717) is 12.1 Å². The lowest BCUT2D eigenvalue weighted by Gasteiger charge is -2.40. The van der Waals surface area contributed by atoms with Gasteiger partial charge >= 0.3 is 0 Å². The van der Waals surface area contributed by atoms with E-state index in [-0.39, 0.29) is 6.10 Å². The molecule has 3 heteroatoms. The molecule has 2 unspecified atom stereocenters. The maximum atomic E-state index is 9.60. The van der Waals surface area contributed by atoms with Crippen molar-refractivity contribution in [1.82, 2.24) is 10.6 Å². The largest absolute Gasteiger partial charge is 0.391 e. The van der Waals surface area contributed by atoms with Crippen molar-refractivity contribution in [1.29, 1.82) is 0 Å². The van der Waals surface area contributed by atoms with E-state index in [0.717, 1.165) is 25.9 Å². The van der Waals surface area contributed by atoms with Crippen LogP contribution >= 0.6 is 0 Å². The number of piperazine rings is 1. The molecule has 2 fully saturated rings. The van der Waals surface area contributed by atoms with Gasteiger partial charge in [0.25, 0.3) is 0 Å². The Labute approximate surface area is 67.2 Å². The van der Waals surface area contributed by atoms with E-state index in [2.05, 4.69) is 10.6 Å². The highest BCUT2D eigenvalue weighted by molar-refractivity contribution is 4.94. The second-order valence-electron chi connectivity index (χ2n) is 3.54. The van der Waals surface area contributed by atoms with Gasteiger partial charge in [-0.3, -0.25) is 0 Å². The molecule has 3 N–H and O–H groups in total. The number of aliphatic hydroxyl groups excluding tert-OH is 1. The van der Waals surface area contributed by atoms with Crippen molar-refractivity contribution in [3.8, 4) is 0 Å². The number of hydrogen-bond donors (Lipinski definition) is 3. The lowest BCUT2D eigenvalue weighted by Crippen LogP contribution is -2.62. The minimum Gasteiger partial charge on any atom is -0.391 e. The van der Waals surface area contributed by atoms with E-state index < -0.39 is 0 Å². The first kappa shape index (κ1) is 7.53. The molecule has 0 spiro atoms. The Kier molecular flexibility index (Phi) is 2.11. The van der Waals surface area contributed by atoms with Crippen molar-refractivity contribution in [2.45, 2.75) is 37.5 Å². The summed E-state index contributed by atoms with van der Waals surface area (Å²) in [5.74, 6) is 0. The smallest absolute Gasteiger partial charge is 0.0708 e. The zero-order chi connectivity index (χ0) is 7.68. The summed E-state index contributed by atoms with van der Waals surface area (Å²) >= 11 is 0. The third kappa shape index (κ3) is 1.41. The van der Waals surface area contributed by atoms with Crippen LogP contribution in [0.2, 0.25) is 0 Å². The van der Waals surface area contributed by atoms with Crippen LogP contribution in [-0.4, -0.2) is 36.4 Å². The standard InChI is InChI=1S/C8H16N2O/c11-7-3-1-2-6-8(7)10-5-4-9-6/h6-11H,1-5H2/t6?,7?,8-/m0/s1. The summed E-state index contributed by atoms with van der Waals surface area (Å²) in [6.45, 7) is 2.05. The van der Waals surface area contributed by atoms with Crippen molar-refractivity contribution >= 4 is 0 Å². The molecule has 0 amide bonds. The fourth-order valence-corrected chi connectivity index (χ4v) is 2.18. The SMILES string of the molecule is OC1CCCC2NCCN[C@H]12. The van der Waals surface area contributed by atoms with Gasteiger partial charge in [0.15, 0.2) is 0 Å². The predicted octanol–water partition coefficient (Wildman–Crippen LogP) is -0.539. The lowest BCUT2D eigenvalue weighted by molar-refractivity contribution is 0.0606. The molecule has 0 bridgehead atoms. The van der Waals surface area contributed by atoms with Gasteiger partial charge in [0.05, 0.1) is 6.10 Å². The maximum absolute atomic E-state index is 9.60. The summed E-state index contributed by atoms with van der Waals surface area (Å²) in [4.78, 5) is 0. The highest BCUT2D eigenvalue weighted by Crippen LogP contribution is 2.20. The molecule has 0 aromatic rings. The van der Waals surface area contributed by atoms with Crippen LogP contribution in [0.25, 0.3) is 0 Å². The second-order valence-corrected chi connectivity index (χ2v) is 3.54. The molecule has 11 heavy (non-hydrogen) atoms. The maximum Gasteiger partial charge on any atom is 0.0708 e. The van der Waals surface area contributed by atoms with Gasteiger partial charge in [-0.1, -0.05) is 0 Å². The molecule has 0 aromatic heterocycles. The van der Waals surface area contributed by atoms with Crippen LogP contribution < -0.4 is 10.6 Å². The normalized spacial score (nSPS) is 45.0. The Morgan fingerprint density at radius 1 is 1.09 bits per heavy atom. The van der Waals surface area contributed by atoms with Crippen molar-refractivity contribution in [3.63, 3.8) is 0 Å². The van der Waals surface area contributed by atoms with Crippen LogP contribution in [0, 0.1) is 0 Å². The van der Waals surface area contributed by atoms with E-state index in [1.54, 1.807) is 0 Å². The van der Waals surface area contributed by atoms with Gasteiger partial charge in [-0.25, -0.2) is 0 Å². The van der Waals surface area contributed by atoms with Gasteiger partial charge in [-0.05, 0) is 19.3 Å². The van der Waals surface area contributed by atoms with E-state index in [1.165, 1.54) is 6.42 Å². The highest BCUT2D eigenvalue weighted by atomic mass is 16.3. The molecule has 1 aliphatic carbocycles. The van der Waals surface area contributed by atoms with E-state index >= 15 is 0 Å². The third-order valence-corrected chi connectivity index (χ3v) is 2.77. The third-order valence-electron chi connectivity index (χ3n) is 2.77. The van der Waals surface area contributed by atoms with Crippen LogP contribution in [0.5, 0.6) is 0 Å². The molecular weight excluding hydrogens is 140 g/mol. The number of nitrogens with one attached hydrogen (secondary N) is 2. The highest BCUT2D eigenvalue weighted by Gasteiger charge is 2.33. The monoisotopic (exact) mass is 156 g/mol. The Balaban J connectivity index is 1.99. The molecule has 3 atom stereocenters. The average Bonchev–Trinajstić information content (AvgIpc) is 2.06. The van der Waals surface area contributed by atoms with Crippen molar-refractivity contribution < 1.29 is 5.11 Å². The zero-order valence-electron chi connectivity index (χ0n) is 6.71. The van der Waals surface area contributed by atoms with Crippen LogP contribution in [0.1, 0.15) is 19.3 Å². The van der Waals surface area contributed by atoms with E-state index in [9.17, 15) is 5.11 Å². The minimum absolute atomic E-state index is 0.124. The van der Waals surface area contributed by atoms with Gasteiger partial charge in [-0.15, -0.1) is 0 Å². The molecule has 1 heterocycles. The summed E-state index contributed by atoms with van der Waals surface area (Å²) in [7, 11) is 0. The van der Waals surface area contributed by atoms with Crippen LogP contribution in [0.3, 0.4) is 0 Å². The Bertz CT molecular complexity index is 138. The zero-order valence-corrected chi connectivity index (χ0v) is 6.71. The summed E-state index contributed by atoms with van der Waals surface area (Å²) < 4.78 is 0. The van der Waals surface area contributed by atoms with Gasteiger partial charge < -0.3 is 15.7 Å². The molecule has 0 radical (unpaired) electrons. The predicted molar refractivity (Wildman–Crippen MR) is 43.4 cm³/mol. The molecular formula is C8H16N2O. The first-order valence-electron chi connectivity index (χ1n) is 4.53. The summed E-state index contributed by atoms with van der Waals surface area (Å²) in [6, 6.07) is 0.838. The van der Waals surface area contributed by atoms with Crippen LogP contribution in [0.15, 0.2) is 0 Å². The molecule has 1 aliphatic heterocycles.